The van der Waals surface area contributed by atoms with Crippen LogP contribution in [0, 0.1) is 5.92 Å². The van der Waals surface area contributed by atoms with Crippen LogP contribution >= 0.6 is 0 Å². The molecule has 0 unspecified atom stereocenters. The topological polar surface area (TPSA) is 130 Å². The predicted octanol–water partition coefficient (Wildman–Crippen LogP) is 5.61. The quantitative estimate of drug-likeness (QED) is 0.153. The Morgan fingerprint density at radius 1 is 0.897 bits per heavy atom. The number of rotatable bonds is 4. The van der Waals surface area contributed by atoms with E-state index in [1.165, 1.54) is 19.2 Å². The summed E-state index contributed by atoms with van der Waals surface area (Å²) in [6.45, 7) is 2.05. The van der Waals surface area contributed by atoms with Gasteiger partial charge < -0.3 is 34.3 Å². The Balaban J connectivity index is 1.73. The Labute approximate surface area is 224 Å². The lowest BCUT2D eigenvalue weighted by molar-refractivity contribution is 0.334. The Morgan fingerprint density at radius 3 is 2.41 bits per heavy atom. The molecule has 0 spiro atoms. The van der Waals surface area contributed by atoms with E-state index < -0.39 is 5.63 Å². The second kappa shape index (κ2) is 9.01. The standard InChI is InChI=1S/C31H28O8/c1-14-10-19(15-4-8-21(33)22(34)12-15)25-20(11-14)28-27(26(25)17-6-5-16(32)13-23(17)37-2)18-7-9-24(35)39-30(18)29(36)31(28)38-3/h4-9,11-13,19-20,25-26,32-34,36H,10H2,1-3H3/t19-,20+,25-,26+/m0/s1. The van der Waals surface area contributed by atoms with Crippen LogP contribution in [0.2, 0.25) is 0 Å². The van der Waals surface area contributed by atoms with E-state index >= 15 is 0 Å². The smallest absolute Gasteiger partial charge is 0.336 e. The monoisotopic (exact) mass is 528 g/mol. The van der Waals surface area contributed by atoms with Crippen molar-refractivity contribution in [2.24, 2.45) is 5.92 Å². The van der Waals surface area contributed by atoms with Crippen LogP contribution in [-0.4, -0.2) is 34.6 Å². The molecule has 39 heavy (non-hydrogen) atoms. The van der Waals surface area contributed by atoms with E-state index in [0.717, 1.165) is 27.8 Å². The van der Waals surface area contributed by atoms with Gasteiger partial charge in [0.1, 0.15) is 11.5 Å². The fourth-order valence-corrected chi connectivity index (χ4v) is 6.73. The highest BCUT2D eigenvalue weighted by Crippen LogP contribution is 2.65. The van der Waals surface area contributed by atoms with Crippen molar-refractivity contribution >= 4 is 11.0 Å². The van der Waals surface area contributed by atoms with Crippen LogP contribution in [0.25, 0.3) is 11.0 Å². The first kappa shape index (κ1) is 24.7. The van der Waals surface area contributed by atoms with Crippen molar-refractivity contribution < 1.29 is 34.3 Å². The molecule has 6 rings (SSSR count). The van der Waals surface area contributed by atoms with Gasteiger partial charge in [-0.1, -0.05) is 23.8 Å². The zero-order valence-corrected chi connectivity index (χ0v) is 21.6. The molecule has 0 aliphatic heterocycles. The van der Waals surface area contributed by atoms with Crippen molar-refractivity contribution in [1.82, 2.24) is 0 Å². The van der Waals surface area contributed by atoms with Crippen LogP contribution in [0.15, 0.2) is 69.4 Å². The molecule has 0 fully saturated rings. The summed E-state index contributed by atoms with van der Waals surface area (Å²) in [5, 5.41) is 42.4. The van der Waals surface area contributed by atoms with Crippen LogP contribution < -0.4 is 15.1 Å². The highest BCUT2D eigenvalue weighted by molar-refractivity contribution is 5.92. The summed E-state index contributed by atoms with van der Waals surface area (Å²) in [6, 6.07) is 12.9. The molecule has 2 aliphatic carbocycles. The molecule has 200 valence electrons. The molecule has 4 N–H and O–H groups in total. The number of phenols is 4. The van der Waals surface area contributed by atoms with Crippen molar-refractivity contribution in [3.63, 3.8) is 0 Å². The summed E-state index contributed by atoms with van der Waals surface area (Å²) < 4.78 is 17.0. The number of hydrogen-bond donors (Lipinski definition) is 4. The number of ether oxygens (including phenoxy) is 2. The van der Waals surface area contributed by atoms with Gasteiger partial charge in [0, 0.05) is 40.5 Å². The van der Waals surface area contributed by atoms with E-state index in [1.54, 1.807) is 31.4 Å². The summed E-state index contributed by atoms with van der Waals surface area (Å²) in [5.74, 6) is -0.656. The lowest BCUT2D eigenvalue weighted by Crippen LogP contribution is -2.25. The fourth-order valence-electron chi connectivity index (χ4n) is 6.73. The third-order valence-corrected chi connectivity index (χ3v) is 8.19. The maximum absolute atomic E-state index is 12.2. The van der Waals surface area contributed by atoms with Gasteiger partial charge in [0.2, 0.25) is 5.75 Å². The molecule has 0 saturated heterocycles. The number of methoxy groups -OCH3 is 2. The summed E-state index contributed by atoms with van der Waals surface area (Å²) >= 11 is 0. The number of hydrogen-bond acceptors (Lipinski definition) is 8. The van der Waals surface area contributed by atoms with Crippen molar-refractivity contribution in [1.29, 1.82) is 0 Å². The molecule has 4 aromatic rings. The van der Waals surface area contributed by atoms with Gasteiger partial charge in [0.25, 0.3) is 0 Å². The minimum absolute atomic E-state index is 0.0408. The van der Waals surface area contributed by atoms with Crippen LogP contribution in [0.4, 0.5) is 0 Å². The van der Waals surface area contributed by atoms with Gasteiger partial charge in [-0.15, -0.1) is 0 Å². The van der Waals surface area contributed by atoms with Crippen molar-refractivity contribution in [3.05, 3.63) is 92.9 Å². The second-order valence-electron chi connectivity index (χ2n) is 10.3. The molecule has 0 amide bonds. The first-order valence-electron chi connectivity index (χ1n) is 12.7. The van der Waals surface area contributed by atoms with E-state index in [1.807, 2.05) is 19.1 Å². The number of benzene rings is 3. The van der Waals surface area contributed by atoms with E-state index in [2.05, 4.69) is 6.08 Å². The Hall–Kier alpha value is -4.59. The minimum atomic E-state index is -0.595. The van der Waals surface area contributed by atoms with Crippen molar-refractivity contribution in [2.45, 2.75) is 31.1 Å². The molecular formula is C31H28O8. The molecule has 1 heterocycles. The number of phenolic OH excluding ortho intramolecular Hbond substituents is 4. The Bertz CT molecular complexity index is 1720. The van der Waals surface area contributed by atoms with Crippen molar-refractivity contribution in [3.8, 4) is 34.5 Å². The van der Waals surface area contributed by atoms with Crippen LogP contribution in [-0.2, 0) is 0 Å². The fraction of sp³-hybridized carbons (Fsp3) is 0.258. The normalized spacial score (nSPS) is 21.8. The first-order valence-corrected chi connectivity index (χ1v) is 12.7. The summed E-state index contributed by atoms with van der Waals surface area (Å²) in [4.78, 5) is 12.2. The molecular weight excluding hydrogens is 500 g/mol. The molecule has 0 saturated carbocycles. The molecule has 0 bridgehead atoms. The Morgan fingerprint density at radius 2 is 1.69 bits per heavy atom. The second-order valence-corrected chi connectivity index (χ2v) is 10.3. The van der Waals surface area contributed by atoms with Crippen LogP contribution in [0.3, 0.4) is 0 Å². The van der Waals surface area contributed by atoms with Gasteiger partial charge in [-0.3, -0.25) is 0 Å². The largest absolute Gasteiger partial charge is 0.508 e. The average Bonchev–Trinajstić information content (AvgIpc) is 3.24. The molecule has 2 aliphatic rings. The number of allylic oxidation sites excluding steroid dienone is 2. The SMILES string of the molecule is COc1cc(O)ccc1[C@H]1c2c(c(OC)c(O)c3oc(=O)ccc23)[C@@H]2C=C(C)C[C@@H](c3ccc(O)c(O)c3)[C@H]12. The average molecular weight is 529 g/mol. The highest BCUT2D eigenvalue weighted by Gasteiger charge is 2.51. The van der Waals surface area contributed by atoms with Gasteiger partial charge in [0.15, 0.2) is 22.8 Å². The van der Waals surface area contributed by atoms with Gasteiger partial charge in [0.05, 0.1) is 14.2 Å². The first-order chi connectivity index (χ1) is 18.7. The third kappa shape index (κ3) is 3.70. The van der Waals surface area contributed by atoms with E-state index in [0.29, 0.717) is 17.6 Å². The Kier molecular flexibility index (Phi) is 5.71. The molecule has 8 heteroatoms. The van der Waals surface area contributed by atoms with Crippen molar-refractivity contribution in [2.75, 3.05) is 14.2 Å². The van der Waals surface area contributed by atoms with E-state index in [-0.39, 0.29) is 58.0 Å². The molecule has 8 nitrogen and oxygen atoms in total. The molecule has 3 aromatic carbocycles. The third-order valence-electron chi connectivity index (χ3n) is 8.19. The van der Waals surface area contributed by atoms with Crippen LogP contribution in [0.1, 0.15) is 53.4 Å². The highest BCUT2D eigenvalue weighted by atomic mass is 16.5. The van der Waals surface area contributed by atoms with E-state index in [4.69, 9.17) is 13.9 Å². The maximum Gasteiger partial charge on any atom is 0.336 e. The minimum Gasteiger partial charge on any atom is -0.508 e. The molecule has 0 radical (unpaired) electrons. The maximum atomic E-state index is 12.2. The van der Waals surface area contributed by atoms with Gasteiger partial charge in [-0.2, -0.15) is 0 Å². The van der Waals surface area contributed by atoms with Crippen LogP contribution in [0.5, 0.6) is 34.5 Å². The van der Waals surface area contributed by atoms with Gasteiger partial charge in [-0.25, -0.2) is 4.79 Å². The summed E-state index contributed by atoms with van der Waals surface area (Å²) in [5.41, 5.74) is 3.85. The zero-order chi connectivity index (χ0) is 27.6. The van der Waals surface area contributed by atoms with Gasteiger partial charge >= 0.3 is 5.63 Å². The summed E-state index contributed by atoms with van der Waals surface area (Å²) in [6.07, 6.45) is 2.87. The number of fused-ring (bicyclic) bond motifs is 5. The predicted molar refractivity (Wildman–Crippen MR) is 144 cm³/mol. The molecule has 4 atom stereocenters. The lowest BCUT2D eigenvalue weighted by atomic mass is 9.66. The molecule has 1 aromatic heterocycles. The zero-order valence-electron chi connectivity index (χ0n) is 21.6. The van der Waals surface area contributed by atoms with E-state index in [9.17, 15) is 25.2 Å². The summed E-state index contributed by atoms with van der Waals surface area (Å²) in [7, 11) is 3.02. The number of aromatic hydroxyl groups is 4. The lowest BCUT2D eigenvalue weighted by Gasteiger charge is -2.37. The van der Waals surface area contributed by atoms with Gasteiger partial charge in [-0.05, 0) is 60.6 Å².